The van der Waals surface area contributed by atoms with Gasteiger partial charge in [-0.2, -0.15) is 0 Å². The fourth-order valence-electron chi connectivity index (χ4n) is 3.68. The van der Waals surface area contributed by atoms with Crippen LogP contribution < -0.4 is 5.56 Å². The van der Waals surface area contributed by atoms with E-state index in [4.69, 9.17) is 0 Å². The van der Waals surface area contributed by atoms with Crippen molar-refractivity contribution in [2.45, 2.75) is 33.1 Å². The molecule has 27 heavy (non-hydrogen) atoms. The molecular formula is C23H28N2O2. The molecule has 1 aromatic heterocycles. The molecule has 3 rings (SSSR count). The zero-order valence-electron chi connectivity index (χ0n) is 16.2. The molecule has 0 fully saturated rings. The summed E-state index contributed by atoms with van der Waals surface area (Å²) in [5.74, 6) is 0.135. The lowest BCUT2D eigenvalue weighted by Gasteiger charge is -2.21. The number of hydrogen-bond acceptors (Lipinski definition) is 3. The summed E-state index contributed by atoms with van der Waals surface area (Å²) in [6.07, 6.45) is 5.02. The Morgan fingerprint density at radius 3 is 2.48 bits per heavy atom. The van der Waals surface area contributed by atoms with Crippen LogP contribution in [0.2, 0.25) is 0 Å². The second-order valence-electron chi connectivity index (χ2n) is 7.02. The fraction of sp³-hybridized carbons (Fsp3) is 0.348. The van der Waals surface area contributed by atoms with E-state index in [2.05, 4.69) is 35.9 Å². The normalized spacial score (nSPS) is 11.4. The molecule has 4 heteroatoms. The van der Waals surface area contributed by atoms with Crippen LogP contribution in [0, 0.1) is 0 Å². The smallest absolute Gasteiger partial charge is 0.255 e. The lowest BCUT2D eigenvalue weighted by atomic mass is 9.98. The van der Waals surface area contributed by atoms with Gasteiger partial charge in [0.05, 0.1) is 5.39 Å². The Hall–Kier alpha value is -2.59. The van der Waals surface area contributed by atoms with Crippen molar-refractivity contribution < 1.29 is 5.11 Å². The number of nitrogens with zero attached hydrogens (tertiary/aromatic N) is 1. The fourth-order valence-corrected chi connectivity index (χ4v) is 3.68. The minimum Gasteiger partial charge on any atom is -0.507 e. The first kappa shape index (κ1) is 19.2. The number of rotatable bonds is 8. The van der Waals surface area contributed by atoms with Crippen molar-refractivity contribution in [3.63, 3.8) is 0 Å². The summed E-state index contributed by atoms with van der Waals surface area (Å²) in [6.45, 7) is 7.74. The standard InChI is InChI=1S/C23H28N2O2/c1-3-12-25(13-4-2)14-11-17-7-5-8-18(15-17)20-16-24-23(27)19-9-6-10-21(26)22(19)20/h5-10,15-16,26H,3-4,11-14H2,1-2H3,(H,24,27). The van der Waals surface area contributed by atoms with Gasteiger partial charge in [-0.25, -0.2) is 0 Å². The van der Waals surface area contributed by atoms with Gasteiger partial charge in [0, 0.05) is 23.7 Å². The molecule has 0 atom stereocenters. The SMILES string of the molecule is CCCN(CCC)CCc1cccc(-c2c[nH]c(=O)c3cccc(O)c23)c1. The number of aromatic hydroxyl groups is 1. The topological polar surface area (TPSA) is 56.3 Å². The van der Waals surface area contributed by atoms with Crippen molar-refractivity contribution in [2.75, 3.05) is 19.6 Å². The number of fused-ring (bicyclic) bond motifs is 1. The van der Waals surface area contributed by atoms with Gasteiger partial charge in [0.1, 0.15) is 5.75 Å². The van der Waals surface area contributed by atoms with Crippen molar-refractivity contribution >= 4 is 10.8 Å². The number of nitrogens with one attached hydrogen (secondary N) is 1. The molecule has 0 saturated heterocycles. The summed E-state index contributed by atoms with van der Waals surface area (Å²) in [4.78, 5) is 17.4. The molecule has 0 amide bonds. The van der Waals surface area contributed by atoms with E-state index in [-0.39, 0.29) is 11.3 Å². The predicted octanol–water partition coefficient (Wildman–Crippen LogP) is 4.57. The number of pyridine rings is 1. The van der Waals surface area contributed by atoms with E-state index in [9.17, 15) is 9.90 Å². The van der Waals surface area contributed by atoms with Gasteiger partial charge in [-0.15, -0.1) is 0 Å². The number of phenols is 1. The number of aromatic nitrogens is 1. The van der Waals surface area contributed by atoms with Crippen molar-refractivity contribution in [3.8, 4) is 16.9 Å². The van der Waals surface area contributed by atoms with Gasteiger partial charge in [0.2, 0.25) is 0 Å². The third-order valence-corrected chi connectivity index (χ3v) is 4.94. The zero-order valence-corrected chi connectivity index (χ0v) is 16.2. The van der Waals surface area contributed by atoms with E-state index in [1.165, 1.54) is 18.4 Å². The molecule has 2 aromatic carbocycles. The molecule has 0 radical (unpaired) electrons. The van der Waals surface area contributed by atoms with Crippen LogP contribution in [0.15, 0.2) is 53.5 Å². The van der Waals surface area contributed by atoms with Crippen LogP contribution in [0.25, 0.3) is 21.9 Å². The molecule has 0 bridgehead atoms. The molecule has 0 spiro atoms. The highest BCUT2D eigenvalue weighted by atomic mass is 16.3. The zero-order chi connectivity index (χ0) is 19.2. The van der Waals surface area contributed by atoms with Crippen LogP contribution in [0.4, 0.5) is 0 Å². The molecule has 142 valence electrons. The summed E-state index contributed by atoms with van der Waals surface area (Å²) < 4.78 is 0. The Morgan fingerprint density at radius 1 is 1.00 bits per heavy atom. The van der Waals surface area contributed by atoms with E-state index in [1.54, 1.807) is 24.4 Å². The Labute approximate surface area is 160 Å². The molecule has 0 aliphatic rings. The van der Waals surface area contributed by atoms with Crippen LogP contribution in [0.3, 0.4) is 0 Å². The van der Waals surface area contributed by atoms with Gasteiger partial charge in [-0.05, 0) is 55.6 Å². The maximum Gasteiger partial charge on any atom is 0.255 e. The summed E-state index contributed by atoms with van der Waals surface area (Å²) in [5, 5.41) is 11.5. The summed E-state index contributed by atoms with van der Waals surface area (Å²) in [6, 6.07) is 13.5. The van der Waals surface area contributed by atoms with Crippen molar-refractivity contribution in [1.82, 2.24) is 9.88 Å². The third kappa shape index (κ3) is 4.40. The van der Waals surface area contributed by atoms with Crippen LogP contribution in [-0.4, -0.2) is 34.6 Å². The molecule has 3 aromatic rings. The second-order valence-corrected chi connectivity index (χ2v) is 7.02. The predicted molar refractivity (Wildman–Crippen MR) is 112 cm³/mol. The highest BCUT2D eigenvalue weighted by molar-refractivity contribution is 5.99. The Morgan fingerprint density at radius 2 is 1.74 bits per heavy atom. The van der Waals surface area contributed by atoms with Gasteiger partial charge in [0.25, 0.3) is 5.56 Å². The minimum absolute atomic E-state index is 0.135. The molecule has 1 heterocycles. The monoisotopic (exact) mass is 364 g/mol. The number of hydrogen-bond donors (Lipinski definition) is 2. The van der Waals surface area contributed by atoms with Gasteiger partial charge < -0.3 is 15.0 Å². The minimum atomic E-state index is -0.185. The second kappa shape index (κ2) is 8.87. The molecule has 0 aliphatic carbocycles. The van der Waals surface area contributed by atoms with Gasteiger partial charge in [-0.3, -0.25) is 4.79 Å². The van der Waals surface area contributed by atoms with Crippen molar-refractivity contribution in [1.29, 1.82) is 0 Å². The summed E-state index contributed by atoms with van der Waals surface area (Å²) in [5.41, 5.74) is 2.94. The maximum absolute atomic E-state index is 12.1. The Bertz CT molecular complexity index is 956. The molecule has 0 aliphatic heterocycles. The Kier molecular flexibility index (Phi) is 6.30. The first-order valence-corrected chi connectivity index (χ1v) is 9.79. The number of aromatic amines is 1. The van der Waals surface area contributed by atoms with E-state index in [1.807, 2.05) is 12.1 Å². The quantitative estimate of drug-likeness (QED) is 0.616. The molecule has 0 saturated carbocycles. The Balaban J connectivity index is 1.91. The lowest BCUT2D eigenvalue weighted by Crippen LogP contribution is -2.27. The van der Waals surface area contributed by atoms with E-state index in [0.717, 1.165) is 37.2 Å². The highest BCUT2D eigenvalue weighted by Crippen LogP contribution is 2.32. The lowest BCUT2D eigenvalue weighted by molar-refractivity contribution is 0.278. The third-order valence-electron chi connectivity index (χ3n) is 4.94. The average molecular weight is 364 g/mol. The largest absolute Gasteiger partial charge is 0.507 e. The molecule has 4 nitrogen and oxygen atoms in total. The van der Waals surface area contributed by atoms with Crippen LogP contribution in [-0.2, 0) is 6.42 Å². The number of phenolic OH excluding ortho intramolecular Hbond substituents is 1. The average Bonchev–Trinajstić information content (AvgIpc) is 2.68. The van der Waals surface area contributed by atoms with Crippen LogP contribution in [0.1, 0.15) is 32.3 Å². The van der Waals surface area contributed by atoms with Gasteiger partial charge in [0.15, 0.2) is 0 Å². The van der Waals surface area contributed by atoms with E-state index >= 15 is 0 Å². The van der Waals surface area contributed by atoms with E-state index in [0.29, 0.717) is 10.8 Å². The van der Waals surface area contributed by atoms with Crippen molar-refractivity contribution in [2.24, 2.45) is 0 Å². The first-order valence-electron chi connectivity index (χ1n) is 9.79. The van der Waals surface area contributed by atoms with Crippen LogP contribution in [0.5, 0.6) is 5.75 Å². The van der Waals surface area contributed by atoms with Gasteiger partial charge >= 0.3 is 0 Å². The van der Waals surface area contributed by atoms with Crippen LogP contribution >= 0.6 is 0 Å². The first-order chi connectivity index (χ1) is 13.1. The number of H-pyrrole nitrogens is 1. The highest BCUT2D eigenvalue weighted by Gasteiger charge is 2.11. The molecule has 2 N–H and O–H groups in total. The maximum atomic E-state index is 12.1. The molecular weight excluding hydrogens is 336 g/mol. The van der Waals surface area contributed by atoms with Gasteiger partial charge in [-0.1, -0.05) is 44.2 Å². The van der Waals surface area contributed by atoms with Crippen molar-refractivity contribution in [3.05, 3.63) is 64.6 Å². The summed E-state index contributed by atoms with van der Waals surface area (Å²) in [7, 11) is 0. The number of benzene rings is 2. The molecule has 0 unspecified atom stereocenters. The summed E-state index contributed by atoms with van der Waals surface area (Å²) >= 11 is 0. The van der Waals surface area contributed by atoms with E-state index < -0.39 is 0 Å².